The summed E-state index contributed by atoms with van der Waals surface area (Å²) >= 11 is 1.65. The van der Waals surface area contributed by atoms with Crippen molar-refractivity contribution in [3.8, 4) is 0 Å². The number of thiophene rings is 1. The number of hydrogen-bond acceptors (Lipinski definition) is 3. The molecule has 0 fully saturated rings. The summed E-state index contributed by atoms with van der Waals surface area (Å²) in [4.78, 5) is 5.28. The molecule has 0 radical (unpaired) electrons. The Labute approximate surface area is 128 Å². The Bertz CT molecular complexity index is 417. The maximum Gasteiger partial charge on any atom is 0.131 e. The Kier molecular flexibility index (Phi) is 14.7. The molecular formula is C16H29N3S. The molecule has 0 atom stereocenters. The molecular weight excluding hydrogens is 266 g/mol. The van der Waals surface area contributed by atoms with Crippen LogP contribution in [0.1, 0.15) is 44.6 Å². The van der Waals surface area contributed by atoms with Crippen molar-refractivity contribution >= 4 is 17.2 Å². The summed E-state index contributed by atoms with van der Waals surface area (Å²) < 4.78 is 0. The lowest BCUT2D eigenvalue weighted by molar-refractivity contribution is 1.11. The quantitative estimate of drug-likeness (QED) is 0.496. The Morgan fingerprint density at radius 1 is 1.45 bits per heavy atom. The van der Waals surface area contributed by atoms with Gasteiger partial charge in [-0.05, 0) is 26.3 Å². The number of aliphatic imine (C=N–C) groups is 1. The van der Waals surface area contributed by atoms with Crippen molar-refractivity contribution in [2.75, 3.05) is 6.54 Å². The number of nitrogens with two attached hydrogens (primary N) is 2. The number of amidine groups is 1. The van der Waals surface area contributed by atoms with Gasteiger partial charge in [0.2, 0.25) is 0 Å². The van der Waals surface area contributed by atoms with Gasteiger partial charge in [-0.1, -0.05) is 39.5 Å². The zero-order valence-corrected chi connectivity index (χ0v) is 14.3. The van der Waals surface area contributed by atoms with Crippen molar-refractivity contribution in [1.29, 1.82) is 0 Å². The van der Waals surface area contributed by atoms with Gasteiger partial charge >= 0.3 is 0 Å². The van der Waals surface area contributed by atoms with Crippen LogP contribution in [0.4, 0.5) is 0 Å². The topological polar surface area (TPSA) is 64.4 Å². The van der Waals surface area contributed by atoms with E-state index < -0.39 is 0 Å². The molecule has 0 aromatic carbocycles. The average molecular weight is 295 g/mol. The van der Waals surface area contributed by atoms with E-state index in [1.807, 2.05) is 39.1 Å². The Morgan fingerprint density at radius 2 is 2.05 bits per heavy atom. The van der Waals surface area contributed by atoms with E-state index in [2.05, 4.69) is 30.6 Å². The molecule has 20 heavy (non-hydrogen) atoms. The van der Waals surface area contributed by atoms with E-state index in [0.29, 0.717) is 18.1 Å². The van der Waals surface area contributed by atoms with Gasteiger partial charge in [0.15, 0.2) is 0 Å². The average Bonchev–Trinajstić information content (AvgIpc) is 2.89. The number of rotatable bonds is 4. The van der Waals surface area contributed by atoms with E-state index in [1.165, 1.54) is 4.88 Å². The highest BCUT2D eigenvalue weighted by Gasteiger charge is 2.00. The van der Waals surface area contributed by atoms with Gasteiger partial charge in [-0.3, -0.25) is 0 Å². The minimum atomic E-state index is 0.337. The van der Waals surface area contributed by atoms with E-state index in [1.54, 1.807) is 11.3 Å². The lowest BCUT2D eigenvalue weighted by Gasteiger charge is -1.97. The first-order valence-corrected chi connectivity index (χ1v) is 7.81. The second-order valence-electron chi connectivity index (χ2n) is 3.69. The fraction of sp³-hybridized carbons (Fsp3) is 0.438. The first-order valence-electron chi connectivity index (χ1n) is 6.93. The maximum atomic E-state index is 5.73. The predicted molar refractivity (Wildman–Crippen MR) is 94.4 cm³/mol. The molecule has 4 heteroatoms. The van der Waals surface area contributed by atoms with E-state index >= 15 is 0 Å². The Morgan fingerprint density at radius 3 is 2.35 bits per heavy atom. The van der Waals surface area contributed by atoms with Gasteiger partial charge in [-0.2, -0.15) is 0 Å². The number of hydrogen-bond donors (Lipinski definition) is 2. The van der Waals surface area contributed by atoms with Crippen LogP contribution in [0.2, 0.25) is 0 Å². The molecule has 0 amide bonds. The van der Waals surface area contributed by atoms with Crippen molar-refractivity contribution in [2.45, 2.75) is 41.0 Å². The van der Waals surface area contributed by atoms with Crippen molar-refractivity contribution in [1.82, 2.24) is 0 Å². The Balaban J connectivity index is 0. The molecule has 1 aromatic rings. The molecule has 0 saturated carbocycles. The third kappa shape index (κ3) is 10.5. The molecule has 0 aliphatic rings. The molecule has 3 nitrogen and oxygen atoms in total. The highest BCUT2D eigenvalue weighted by Crippen LogP contribution is 2.12. The van der Waals surface area contributed by atoms with E-state index in [0.717, 1.165) is 12.0 Å². The van der Waals surface area contributed by atoms with Crippen molar-refractivity contribution < 1.29 is 0 Å². The standard InChI is InChI=1S/C9H13N3S.C5H10.C2H6/c1-6(4-10)12-9(11)8-3-7(2)13-5-8;1-3-5-4-2;1-2/h3,5H,1,4,10H2,2H3,(H2,11,12);3,5H,4H2,1-2H3;1-2H3/b;5-3-;. The van der Waals surface area contributed by atoms with Gasteiger partial charge in [0.1, 0.15) is 5.84 Å². The normalized spacial score (nSPS) is 10.4. The van der Waals surface area contributed by atoms with Crippen molar-refractivity contribution in [3.63, 3.8) is 0 Å². The van der Waals surface area contributed by atoms with Crippen LogP contribution in [-0.4, -0.2) is 12.4 Å². The number of aryl methyl sites for hydroxylation is 1. The smallest absolute Gasteiger partial charge is 0.131 e. The molecule has 4 N–H and O–H groups in total. The summed E-state index contributed by atoms with van der Waals surface area (Å²) in [6.45, 7) is 14.2. The summed E-state index contributed by atoms with van der Waals surface area (Å²) in [7, 11) is 0. The van der Waals surface area contributed by atoms with Crippen LogP contribution in [-0.2, 0) is 0 Å². The Hall–Kier alpha value is -1.39. The summed E-state index contributed by atoms with van der Waals surface area (Å²) in [5.74, 6) is 0.486. The largest absolute Gasteiger partial charge is 0.383 e. The van der Waals surface area contributed by atoms with Crippen LogP contribution in [0.15, 0.2) is 40.9 Å². The molecule has 0 aliphatic heterocycles. The van der Waals surface area contributed by atoms with Gasteiger partial charge < -0.3 is 11.5 Å². The van der Waals surface area contributed by atoms with Crippen LogP contribution < -0.4 is 11.5 Å². The molecule has 0 aliphatic carbocycles. The second kappa shape index (κ2) is 14.0. The van der Waals surface area contributed by atoms with Gasteiger partial charge in [-0.15, -0.1) is 11.3 Å². The SMILES string of the molecule is C/C=C\CC.C=C(CN)N=C(N)c1csc(C)c1.CC. The van der Waals surface area contributed by atoms with Crippen LogP contribution in [0.3, 0.4) is 0 Å². The first-order chi connectivity index (χ1) is 9.54. The molecule has 0 unspecified atom stereocenters. The molecule has 1 rings (SSSR count). The van der Waals surface area contributed by atoms with Crippen LogP contribution in [0.25, 0.3) is 0 Å². The van der Waals surface area contributed by atoms with E-state index in [4.69, 9.17) is 11.5 Å². The number of nitrogens with zero attached hydrogens (tertiary/aromatic N) is 1. The van der Waals surface area contributed by atoms with Crippen molar-refractivity contribution in [3.05, 3.63) is 46.3 Å². The van der Waals surface area contributed by atoms with Gasteiger partial charge in [0.25, 0.3) is 0 Å². The predicted octanol–water partition coefficient (Wildman–Crippen LogP) is 4.23. The fourth-order valence-corrected chi connectivity index (χ4v) is 1.79. The van der Waals surface area contributed by atoms with Gasteiger partial charge in [0.05, 0.1) is 0 Å². The van der Waals surface area contributed by atoms with Crippen LogP contribution in [0.5, 0.6) is 0 Å². The third-order valence-electron chi connectivity index (χ3n) is 2.01. The molecule has 1 heterocycles. The zero-order chi connectivity index (χ0) is 16.0. The lowest BCUT2D eigenvalue weighted by Crippen LogP contribution is -2.14. The summed E-state index contributed by atoms with van der Waals surface area (Å²) in [5, 5.41) is 1.97. The first kappa shape index (κ1) is 20.9. The maximum absolute atomic E-state index is 5.73. The summed E-state index contributed by atoms with van der Waals surface area (Å²) in [6, 6.07) is 1.99. The van der Waals surface area contributed by atoms with Gasteiger partial charge in [-0.25, -0.2) is 4.99 Å². The zero-order valence-electron chi connectivity index (χ0n) is 13.4. The second-order valence-corrected chi connectivity index (χ2v) is 4.81. The monoisotopic (exact) mass is 295 g/mol. The fourth-order valence-electron chi connectivity index (χ4n) is 1.09. The minimum Gasteiger partial charge on any atom is -0.383 e. The highest BCUT2D eigenvalue weighted by molar-refractivity contribution is 7.10. The lowest BCUT2D eigenvalue weighted by atomic mass is 10.3. The molecule has 0 spiro atoms. The summed E-state index contributed by atoms with van der Waals surface area (Å²) in [6.07, 6.45) is 5.34. The molecule has 114 valence electrons. The van der Waals surface area contributed by atoms with Gasteiger partial charge in [0, 0.05) is 28.1 Å². The van der Waals surface area contributed by atoms with Crippen molar-refractivity contribution in [2.24, 2.45) is 16.5 Å². The van der Waals surface area contributed by atoms with E-state index in [9.17, 15) is 0 Å². The molecule has 0 bridgehead atoms. The highest BCUT2D eigenvalue weighted by atomic mass is 32.1. The minimum absolute atomic E-state index is 0.337. The van der Waals surface area contributed by atoms with Crippen LogP contribution in [0, 0.1) is 6.92 Å². The third-order valence-corrected chi connectivity index (χ3v) is 2.87. The van der Waals surface area contributed by atoms with E-state index in [-0.39, 0.29) is 0 Å². The molecule has 1 aromatic heterocycles. The number of allylic oxidation sites excluding steroid dienone is 2. The molecule has 0 saturated heterocycles. The van der Waals surface area contributed by atoms with Crippen LogP contribution >= 0.6 is 11.3 Å². The summed E-state index contributed by atoms with van der Waals surface area (Å²) in [5.41, 5.74) is 12.6.